The first-order chi connectivity index (χ1) is 20.9. The van der Waals surface area contributed by atoms with Crippen molar-refractivity contribution in [1.29, 1.82) is 0 Å². The first kappa shape index (κ1) is 27.8. The maximum Gasteiger partial charge on any atom is 0.268 e. The summed E-state index contributed by atoms with van der Waals surface area (Å²) in [6.07, 6.45) is 0. The van der Waals surface area contributed by atoms with E-state index in [9.17, 15) is 9.59 Å². The van der Waals surface area contributed by atoms with Crippen LogP contribution in [0.4, 0.5) is 5.69 Å². The van der Waals surface area contributed by atoms with Crippen LogP contribution in [0.5, 0.6) is 0 Å². The Morgan fingerprint density at radius 1 is 0.500 bits per heavy atom. The summed E-state index contributed by atoms with van der Waals surface area (Å²) in [5, 5.41) is 2.24. The zero-order valence-electron chi connectivity index (χ0n) is 26.1. The summed E-state index contributed by atoms with van der Waals surface area (Å²) in [4.78, 5) is 30.0. The van der Waals surface area contributed by atoms with Crippen molar-refractivity contribution in [2.75, 3.05) is 4.90 Å². The number of amides is 2. The Labute approximate surface area is 258 Å². The lowest BCUT2D eigenvalue weighted by atomic mass is 9.86. The quantitative estimate of drug-likeness (QED) is 0.197. The van der Waals surface area contributed by atoms with Crippen molar-refractivity contribution in [3.63, 3.8) is 0 Å². The third-order valence-corrected chi connectivity index (χ3v) is 8.86. The number of hydrogen-bond donors (Lipinski definition) is 0. The second-order valence-corrected chi connectivity index (χ2v) is 13.8. The molecule has 0 spiro atoms. The Morgan fingerprint density at radius 3 is 1.61 bits per heavy atom. The van der Waals surface area contributed by atoms with Gasteiger partial charge in [0.1, 0.15) is 0 Å². The lowest BCUT2D eigenvalue weighted by molar-refractivity contribution is 0.0926. The van der Waals surface area contributed by atoms with E-state index in [1.54, 1.807) is 6.07 Å². The van der Waals surface area contributed by atoms with Gasteiger partial charge in [-0.3, -0.25) is 9.59 Å². The normalized spacial score (nSPS) is 13.7. The third-order valence-electron chi connectivity index (χ3n) is 8.86. The molecule has 1 aliphatic rings. The van der Waals surface area contributed by atoms with Gasteiger partial charge in [-0.2, -0.15) is 0 Å². The molecule has 7 rings (SSSR count). The molecule has 4 nitrogen and oxygen atoms in total. The fraction of sp³-hybridized carbons (Fsp3) is 0.200. The van der Waals surface area contributed by atoms with Crippen molar-refractivity contribution in [2.45, 2.75) is 52.4 Å². The maximum absolute atomic E-state index is 14.5. The molecule has 0 bridgehead atoms. The van der Waals surface area contributed by atoms with Crippen LogP contribution in [0.3, 0.4) is 0 Å². The minimum absolute atomic E-state index is 0.0611. The molecule has 2 amide bonds. The van der Waals surface area contributed by atoms with Crippen LogP contribution >= 0.6 is 0 Å². The fourth-order valence-electron chi connectivity index (χ4n) is 6.41. The Morgan fingerprint density at radius 2 is 1.02 bits per heavy atom. The lowest BCUT2D eigenvalue weighted by Crippen LogP contribution is -2.30. The second kappa shape index (κ2) is 9.78. The number of rotatable bonds is 3. The molecule has 5 aromatic carbocycles. The number of carbonyl (C=O) groups excluding carboxylic acids is 2. The molecule has 4 heteroatoms. The minimum Gasteiger partial charge on any atom is -0.308 e. The largest absolute Gasteiger partial charge is 0.308 e. The van der Waals surface area contributed by atoms with Crippen molar-refractivity contribution < 1.29 is 9.59 Å². The average molecular weight is 577 g/mol. The van der Waals surface area contributed by atoms with E-state index in [0.717, 1.165) is 38.6 Å². The highest BCUT2D eigenvalue weighted by Crippen LogP contribution is 2.42. The molecular weight excluding hydrogens is 540 g/mol. The zero-order valence-corrected chi connectivity index (χ0v) is 26.1. The molecule has 0 saturated heterocycles. The highest BCUT2D eigenvalue weighted by molar-refractivity contribution is 6.36. The highest BCUT2D eigenvalue weighted by Gasteiger charge is 2.40. The van der Waals surface area contributed by atoms with Crippen molar-refractivity contribution in [3.05, 3.63) is 131 Å². The molecule has 0 fully saturated rings. The number of benzene rings is 5. The molecule has 6 aromatic rings. The summed E-state index contributed by atoms with van der Waals surface area (Å²) >= 11 is 0. The van der Waals surface area contributed by atoms with Crippen LogP contribution in [0, 0.1) is 0 Å². The van der Waals surface area contributed by atoms with Gasteiger partial charge in [0.25, 0.3) is 11.8 Å². The molecule has 1 aliphatic heterocycles. The van der Waals surface area contributed by atoms with Gasteiger partial charge >= 0.3 is 0 Å². The monoisotopic (exact) mass is 576 g/mol. The van der Waals surface area contributed by atoms with Crippen molar-refractivity contribution in [2.24, 2.45) is 0 Å². The van der Waals surface area contributed by atoms with E-state index in [0.29, 0.717) is 16.8 Å². The number of hydrogen-bond acceptors (Lipinski definition) is 2. The SMILES string of the molecule is CC(C)(C)c1ccc2c3ccc(C(C)(C)C)cc3n(-c3cccc4c3C(=O)N(c3ccccc3-c3ccccc3)C4=O)c2c1. The number of nitrogens with zero attached hydrogens (tertiary/aromatic N) is 2. The van der Waals surface area contributed by atoms with Crippen LogP contribution in [0.1, 0.15) is 73.4 Å². The number of fused-ring (bicyclic) bond motifs is 4. The molecule has 1 aromatic heterocycles. The van der Waals surface area contributed by atoms with Crippen LogP contribution in [0.25, 0.3) is 38.6 Å². The Kier molecular flexibility index (Phi) is 6.19. The first-order valence-corrected chi connectivity index (χ1v) is 15.2. The molecule has 44 heavy (non-hydrogen) atoms. The summed E-state index contributed by atoms with van der Waals surface area (Å²) in [6.45, 7) is 13.3. The average Bonchev–Trinajstić information content (AvgIpc) is 3.46. The van der Waals surface area contributed by atoms with Crippen LogP contribution in [0.15, 0.2) is 109 Å². The van der Waals surface area contributed by atoms with Gasteiger partial charge in [0, 0.05) is 16.3 Å². The summed E-state index contributed by atoms with van der Waals surface area (Å²) < 4.78 is 2.20. The number of imide groups is 1. The predicted molar refractivity (Wildman–Crippen MR) is 181 cm³/mol. The molecular formula is C40H36N2O2. The van der Waals surface area contributed by atoms with Gasteiger partial charge < -0.3 is 4.57 Å². The Hall–Kier alpha value is -4.96. The standard InChI is InChI=1S/C40H36N2O2/c1-39(2,3)26-19-21-29-30-22-20-27(40(4,5)6)24-35(30)41(34(29)23-26)33-18-12-16-31-36(33)38(44)42(37(31)43)32-17-11-10-15-28(32)25-13-8-7-9-14-25/h7-24H,1-6H3. The van der Waals surface area contributed by atoms with Gasteiger partial charge in [-0.05, 0) is 57.9 Å². The third kappa shape index (κ3) is 4.28. The van der Waals surface area contributed by atoms with E-state index >= 15 is 0 Å². The van der Waals surface area contributed by atoms with E-state index in [4.69, 9.17) is 0 Å². The molecule has 0 radical (unpaired) electrons. The van der Waals surface area contributed by atoms with E-state index in [2.05, 4.69) is 82.5 Å². The van der Waals surface area contributed by atoms with Gasteiger partial charge in [0.05, 0.1) is 33.5 Å². The Balaban J connectivity index is 1.50. The summed E-state index contributed by atoms with van der Waals surface area (Å²) in [7, 11) is 0. The highest BCUT2D eigenvalue weighted by atomic mass is 16.2. The Bertz CT molecular complexity index is 2050. The first-order valence-electron chi connectivity index (χ1n) is 15.2. The summed E-state index contributed by atoms with van der Waals surface area (Å²) in [6, 6.07) is 36.5. The van der Waals surface area contributed by atoms with Crippen LogP contribution in [0.2, 0.25) is 0 Å². The van der Waals surface area contributed by atoms with Gasteiger partial charge in [0.2, 0.25) is 0 Å². The van der Waals surface area contributed by atoms with Crippen LogP contribution in [-0.4, -0.2) is 16.4 Å². The molecule has 2 heterocycles. The lowest BCUT2D eigenvalue weighted by Gasteiger charge is -2.21. The maximum atomic E-state index is 14.5. The number of carbonyl (C=O) groups is 2. The van der Waals surface area contributed by atoms with E-state index < -0.39 is 0 Å². The van der Waals surface area contributed by atoms with E-state index in [1.165, 1.54) is 16.0 Å². The fourth-order valence-corrected chi connectivity index (χ4v) is 6.41. The number of para-hydroxylation sites is 1. The number of aromatic nitrogens is 1. The van der Waals surface area contributed by atoms with Crippen molar-refractivity contribution >= 4 is 39.3 Å². The number of anilines is 1. The summed E-state index contributed by atoms with van der Waals surface area (Å²) in [5.74, 6) is -0.611. The van der Waals surface area contributed by atoms with Gasteiger partial charge in [-0.1, -0.05) is 120 Å². The zero-order chi connectivity index (χ0) is 31.0. The van der Waals surface area contributed by atoms with E-state index in [-0.39, 0.29) is 22.6 Å². The second-order valence-electron chi connectivity index (χ2n) is 13.8. The molecule has 0 unspecified atom stereocenters. The van der Waals surface area contributed by atoms with Crippen molar-refractivity contribution in [3.8, 4) is 16.8 Å². The van der Waals surface area contributed by atoms with E-state index in [1.807, 2.05) is 66.7 Å². The van der Waals surface area contributed by atoms with Gasteiger partial charge in [0.15, 0.2) is 0 Å². The molecule has 0 N–H and O–H groups in total. The molecule has 0 aliphatic carbocycles. The molecule has 0 atom stereocenters. The molecule has 0 saturated carbocycles. The van der Waals surface area contributed by atoms with Crippen LogP contribution < -0.4 is 4.90 Å². The summed E-state index contributed by atoms with van der Waals surface area (Å²) in [5.41, 5.74) is 8.29. The van der Waals surface area contributed by atoms with Gasteiger partial charge in [-0.15, -0.1) is 0 Å². The topological polar surface area (TPSA) is 42.3 Å². The predicted octanol–water partition coefficient (Wildman–Crippen LogP) is 9.85. The minimum atomic E-state index is -0.307. The van der Waals surface area contributed by atoms with Crippen molar-refractivity contribution in [1.82, 2.24) is 4.57 Å². The molecule has 218 valence electrons. The van der Waals surface area contributed by atoms with Crippen LogP contribution in [-0.2, 0) is 10.8 Å². The van der Waals surface area contributed by atoms with Gasteiger partial charge in [-0.25, -0.2) is 4.90 Å². The smallest absolute Gasteiger partial charge is 0.268 e.